The Kier molecular flexibility index (Phi) is 6.26. The smallest absolute Gasteiger partial charge is 0.258 e. The van der Waals surface area contributed by atoms with Gasteiger partial charge in [-0.15, -0.1) is 0 Å². The molecular weight excluding hydrogens is 378 g/mol. The lowest BCUT2D eigenvalue weighted by molar-refractivity contribution is -0.115. The molecule has 0 unspecified atom stereocenters. The normalized spacial score (nSPS) is 14.7. The van der Waals surface area contributed by atoms with Gasteiger partial charge in [-0.05, 0) is 30.7 Å². The van der Waals surface area contributed by atoms with Gasteiger partial charge in [0, 0.05) is 48.8 Å². The maximum Gasteiger partial charge on any atom is 0.258 e. The molecule has 1 aliphatic rings. The summed E-state index contributed by atoms with van der Waals surface area (Å²) in [7, 11) is 0. The number of carbonyl (C=O) groups excluding carboxylic acids is 1. The van der Waals surface area contributed by atoms with E-state index in [1.165, 1.54) is 0 Å². The van der Waals surface area contributed by atoms with Crippen molar-refractivity contribution in [3.05, 3.63) is 76.2 Å². The molecule has 1 N–H and O–H groups in total. The monoisotopic (exact) mass is 405 g/mol. The number of hydrogen-bond acceptors (Lipinski definition) is 4. The third-order valence-corrected chi connectivity index (χ3v) is 5.50. The first-order valence-corrected chi connectivity index (χ1v) is 10.4. The summed E-state index contributed by atoms with van der Waals surface area (Å²) in [5.41, 5.74) is 2.74. The second kappa shape index (κ2) is 9.24. The van der Waals surface area contributed by atoms with Crippen molar-refractivity contribution in [2.24, 2.45) is 0 Å². The van der Waals surface area contributed by atoms with E-state index in [-0.39, 0.29) is 11.5 Å². The van der Waals surface area contributed by atoms with Crippen LogP contribution in [0.2, 0.25) is 0 Å². The average molecular weight is 405 g/mol. The van der Waals surface area contributed by atoms with Crippen LogP contribution in [0.5, 0.6) is 0 Å². The van der Waals surface area contributed by atoms with E-state index in [0.29, 0.717) is 24.0 Å². The Morgan fingerprint density at radius 1 is 1.03 bits per heavy atom. The number of anilines is 1. The largest absolute Gasteiger partial charge is 0.379 e. The maximum atomic E-state index is 13.0. The summed E-state index contributed by atoms with van der Waals surface area (Å²) in [6.07, 6.45) is 2.12. The van der Waals surface area contributed by atoms with Crippen molar-refractivity contribution in [1.29, 1.82) is 0 Å². The molecule has 1 aliphatic heterocycles. The predicted molar refractivity (Wildman–Crippen MR) is 119 cm³/mol. The molecule has 1 fully saturated rings. The molecule has 2 aromatic carbocycles. The number of aromatic nitrogens is 1. The first kappa shape index (κ1) is 20.3. The Hall–Kier alpha value is -2.96. The predicted octanol–water partition coefficient (Wildman–Crippen LogP) is 2.82. The number of hydrogen-bond donors (Lipinski definition) is 1. The van der Waals surface area contributed by atoms with E-state index in [4.69, 9.17) is 4.74 Å². The maximum absolute atomic E-state index is 13.0. The minimum Gasteiger partial charge on any atom is -0.379 e. The van der Waals surface area contributed by atoms with E-state index < -0.39 is 0 Å². The van der Waals surface area contributed by atoms with Crippen LogP contribution in [-0.4, -0.2) is 48.2 Å². The van der Waals surface area contributed by atoms with Gasteiger partial charge in [-0.25, -0.2) is 0 Å². The number of fused-ring (bicyclic) bond motifs is 1. The highest BCUT2D eigenvalue weighted by Gasteiger charge is 2.12. The SMILES string of the molecule is Cc1cccc(CC(=O)Nc2cccc3c(=O)n(CCN4CCOCC4)ccc23)c1. The van der Waals surface area contributed by atoms with E-state index >= 15 is 0 Å². The van der Waals surface area contributed by atoms with Crippen molar-refractivity contribution in [3.8, 4) is 0 Å². The van der Waals surface area contributed by atoms with Gasteiger partial charge in [0.05, 0.1) is 19.6 Å². The molecule has 1 saturated heterocycles. The fourth-order valence-corrected chi connectivity index (χ4v) is 3.88. The molecule has 0 atom stereocenters. The molecule has 6 heteroatoms. The Morgan fingerprint density at radius 3 is 2.63 bits per heavy atom. The van der Waals surface area contributed by atoms with Gasteiger partial charge in [0.25, 0.3) is 5.56 Å². The number of aryl methyl sites for hydroxylation is 1. The number of morpholine rings is 1. The van der Waals surface area contributed by atoms with Crippen LogP contribution in [0.1, 0.15) is 11.1 Å². The van der Waals surface area contributed by atoms with E-state index in [2.05, 4.69) is 10.2 Å². The van der Waals surface area contributed by atoms with Crippen molar-refractivity contribution < 1.29 is 9.53 Å². The molecule has 2 heterocycles. The topological polar surface area (TPSA) is 63.6 Å². The molecule has 6 nitrogen and oxygen atoms in total. The lowest BCUT2D eigenvalue weighted by atomic mass is 10.1. The van der Waals surface area contributed by atoms with Crippen LogP contribution >= 0.6 is 0 Å². The van der Waals surface area contributed by atoms with Crippen LogP contribution in [0, 0.1) is 6.92 Å². The van der Waals surface area contributed by atoms with E-state index in [9.17, 15) is 9.59 Å². The van der Waals surface area contributed by atoms with Crippen molar-refractivity contribution in [2.45, 2.75) is 19.9 Å². The van der Waals surface area contributed by atoms with Crippen molar-refractivity contribution in [3.63, 3.8) is 0 Å². The summed E-state index contributed by atoms with van der Waals surface area (Å²) in [6.45, 7) is 6.77. The summed E-state index contributed by atoms with van der Waals surface area (Å²) in [5, 5.41) is 4.36. The standard InChI is InChI=1S/C24H27N3O3/c1-18-4-2-5-19(16-18)17-23(28)25-22-7-3-6-21-20(22)8-9-27(24(21)29)11-10-26-12-14-30-15-13-26/h2-9,16H,10-15,17H2,1H3,(H,25,28). The summed E-state index contributed by atoms with van der Waals surface area (Å²) < 4.78 is 7.12. The van der Waals surface area contributed by atoms with Crippen molar-refractivity contribution in [2.75, 3.05) is 38.2 Å². The van der Waals surface area contributed by atoms with Gasteiger partial charge < -0.3 is 14.6 Å². The lowest BCUT2D eigenvalue weighted by Gasteiger charge is -2.26. The summed E-state index contributed by atoms with van der Waals surface area (Å²) in [6, 6.07) is 15.3. The highest BCUT2D eigenvalue weighted by atomic mass is 16.5. The number of nitrogens with zero attached hydrogens (tertiary/aromatic N) is 2. The molecule has 0 bridgehead atoms. The first-order chi connectivity index (χ1) is 14.6. The fraction of sp³-hybridized carbons (Fsp3) is 0.333. The van der Waals surface area contributed by atoms with Gasteiger partial charge >= 0.3 is 0 Å². The van der Waals surface area contributed by atoms with Crippen molar-refractivity contribution >= 4 is 22.4 Å². The van der Waals surface area contributed by atoms with E-state index in [1.807, 2.05) is 61.7 Å². The Bertz CT molecular complexity index is 1100. The van der Waals surface area contributed by atoms with Crippen LogP contribution in [0.4, 0.5) is 5.69 Å². The second-order valence-electron chi connectivity index (χ2n) is 7.75. The van der Waals surface area contributed by atoms with Crippen LogP contribution < -0.4 is 10.9 Å². The summed E-state index contributed by atoms with van der Waals surface area (Å²) in [5.74, 6) is -0.0930. The van der Waals surface area contributed by atoms with Crippen LogP contribution in [-0.2, 0) is 22.5 Å². The van der Waals surface area contributed by atoms with E-state index in [1.54, 1.807) is 4.57 Å². The Balaban J connectivity index is 1.49. The molecular formula is C24H27N3O3. The highest BCUT2D eigenvalue weighted by Crippen LogP contribution is 2.21. The zero-order valence-corrected chi connectivity index (χ0v) is 17.3. The van der Waals surface area contributed by atoms with Gasteiger partial charge in [0.1, 0.15) is 0 Å². The van der Waals surface area contributed by atoms with Gasteiger partial charge in [-0.1, -0.05) is 35.9 Å². The summed E-state index contributed by atoms with van der Waals surface area (Å²) >= 11 is 0. The minimum absolute atomic E-state index is 0.0319. The molecule has 1 aromatic heterocycles. The molecule has 1 amide bonds. The molecule has 3 aromatic rings. The fourth-order valence-electron chi connectivity index (χ4n) is 3.88. The molecule has 30 heavy (non-hydrogen) atoms. The number of carbonyl (C=O) groups is 1. The van der Waals surface area contributed by atoms with Gasteiger partial charge in [-0.3, -0.25) is 14.5 Å². The Morgan fingerprint density at radius 2 is 1.83 bits per heavy atom. The molecule has 4 rings (SSSR count). The molecule has 0 radical (unpaired) electrons. The number of rotatable bonds is 6. The molecule has 0 spiro atoms. The zero-order chi connectivity index (χ0) is 20.9. The number of pyridine rings is 1. The lowest BCUT2D eigenvalue weighted by Crippen LogP contribution is -2.39. The number of ether oxygens (including phenoxy) is 1. The number of amides is 1. The van der Waals surface area contributed by atoms with Gasteiger partial charge in [0.15, 0.2) is 0 Å². The summed E-state index contributed by atoms with van der Waals surface area (Å²) in [4.78, 5) is 27.8. The number of benzene rings is 2. The Labute approximate surface area is 176 Å². The average Bonchev–Trinajstić information content (AvgIpc) is 2.74. The third kappa shape index (κ3) is 4.78. The minimum atomic E-state index is -0.0930. The number of nitrogens with one attached hydrogen (secondary N) is 1. The molecule has 156 valence electrons. The third-order valence-electron chi connectivity index (χ3n) is 5.50. The first-order valence-electron chi connectivity index (χ1n) is 10.4. The van der Waals surface area contributed by atoms with Crippen LogP contribution in [0.15, 0.2) is 59.5 Å². The quantitative estimate of drug-likeness (QED) is 0.685. The molecule has 0 saturated carbocycles. The van der Waals surface area contributed by atoms with Crippen molar-refractivity contribution in [1.82, 2.24) is 9.47 Å². The second-order valence-corrected chi connectivity index (χ2v) is 7.75. The van der Waals surface area contributed by atoms with Gasteiger partial charge in [0.2, 0.25) is 5.91 Å². The highest BCUT2D eigenvalue weighted by molar-refractivity contribution is 6.02. The van der Waals surface area contributed by atoms with E-state index in [0.717, 1.165) is 49.4 Å². The zero-order valence-electron chi connectivity index (χ0n) is 17.3. The van der Waals surface area contributed by atoms with Gasteiger partial charge in [-0.2, -0.15) is 0 Å². The molecule has 0 aliphatic carbocycles. The van der Waals surface area contributed by atoms with Crippen LogP contribution in [0.3, 0.4) is 0 Å². The van der Waals surface area contributed by atoms with Crippen LogP contribution in [0.25, 0.3) is 10.8 Å².